The monoisotopic (exact) mass is 360 g/mol. The number of nitrogens with one attached hydrogen (secondary N) is 1. The summed E-state index contributed by atoms with van der Waals surface area (Å²) in [7, 11) is 0. The summed E-state index contributed by atoms with van der Waals surface area (Å²) in [5.41, 5.74) is 4.47. The molecule has 2 amide bonds. The highest BCUT2D eigenvalue weighted by Crippen LogP contribution is 2.35. The van der Waals surface area contributed by atoms with Gasteiger partial charge in [0.15, 0.2) is 0 Å². The van der Waals surface area contributed by atoms with Gasteiger partial charge in [0.25, 0.3) is 0 Å². The Labute approximate surface area is 159 Å². The predicted molar refractivity (Wildman–Crippen MR) is 107 cm³/mol. The molecule has 4 rings (SSSR count). The van der Waals surface area contributed by atoms with Crippen molar-refractivity contribution in [3.63, 3.8) is 0 Å². The topological polar surface area (TPSA) is 45.5 Å². The van der Waals surface area contributed by atoms with Gasteiger partial charge in [0.05, 0.1) is 18.8 Å². The fourth-order valence-corrected chi connectivity index (χ4v) is 3.85. The molecule has 0 aliphatic heterocycles. The van der Waals surface area contributed by atoms with E-state index < -0.39 is 0 Å². The number of hydrogen-bond donors (Lipinski definition) is 1. The average molecular weight is 360 g/mol. The lowest BCUT2D eigenvalue weighted by atomic mass is 9.87. The summed E-state index contributed by atoms with van der Waals surface area (Å²) in [6.45, 7) is 2.45. The van der Waals surface area contributed by atoms with E-state index in [-0.39, 0.29) is 12.1 Å². The van der Waals surface area contributed by atoms with Crippen LogP contribution in [0.15, 0.2) is 71.3 Å². The van der Waals surface area contributed by atoms with E-state index in [0.29, 0.717) is 6.54 Å². The van der Waals surface area contributed by atoms with Crippen LogP contribution in [0.5, 0.6) is 0 Å². The molecule has 1 heterocycles. The minimum atomic E-state index is -0.0950. The maximum atomic E-state index is 13.3. The molecule has 1 aromatic heterocycles. The molecule has 3 aromatic rings. The molecule has 0 spiro atoms. The Hall–Kier alpha value is -3.01. The summed E-state index contributed by atoms with van der Waals surface area (Å²) in [6.07, 6.45) is 4.76. The number of fused-ring (bicyclic) bond motifs is 1. The van der Waals surface area contributed by atoms with Crippen LogP contribution in [0, 0.1) is 6.92 Å². The number of carbonyl (C=O) groups is 1. The van der Waals surface area contributed by atoms with Crippen LogP contribution in [0.2, 0.25) is 0 Å². The van der Waals surface area contributed by atoms with E-state index in [4.69, 9.17) is 4.42 Å². The normalized spacial score (nSPS) is 15.8. The van der Waals surface area contributed by atoms with Gasteiger partial charge >= 0.3 is 6.03 Å². The van der Waals surface area contributed by atoms with Gasteiger partial charge in [-0.3, -0.25) is 0 Å². The van der Waals surface area contributed by atoms with Gasteiger partial charge in [-0.1, -0.05) is 42.5 Å². The largest absolute Gasteiger partial charge is 0.467 e. The van der Waals surface area contributed by atoms with Crippen molar-refractivity contribution in [2.45, 2.75) is 38.8 Å². The van der Waals surface area contributed by atoms with Crippen LogP contribution in [0.25, 0.3) is 0 Å². The predicted octanol–water partition coefficient (Wildman–Crippen LogP) is 5.70. The standard InChI is InChI=1S/C23H24N2O2/c1-17-8-2-5-13-21(17)24-23(26)25(16-19-11-7-15-27-19)22-14-6-10-18-9-3-4-12-20(18)22/h2-5,7-9,11-13,15,22H,6,10,14,16H2,1H3,(H,24,26). The number of anilines is 1. The van der Waals surface area contributed by atoms with E-state index in [1.54, 1.807) is 6.26 Å². The lowest BCUT2D eigenvalue weighted by Crippen LogP contribution is -2.39. The number of hydrogen-bond acceptors (Lipinski definition) is 2. The number of benzene rings is 2. The molecular weight excluding hydrogens is 336 g/mol. The van der Waals surface area contributed by atoms with Crippen molar-refractivity contribution >= 4 is 11.7 Å². The third-order valence-corrected chi connectivity index (χ3v) is 5.27. The molecule has 27 heavy (non-hydrogen) atoms. The molecule has 1 atom stereocenters. The molecular formula is C23H24N2O2. The molecule has 1 aliphatic carbocycles. The Morgan fingerprint density at radius 1 is 1.11 bits per heavy atom. The van der Waals surface area contributed by atoms with Crippen molar-refractivity contribution in [2.75, 3.05) is 5.32 Å². The van der Waals surface area contributed by atoms with Crippen molar-refractivity contribution in [1.29, 1.82) is 0 Å². The molecule has 138 valence electrons. The van der Waals surface area contributed by atoms with Crippen molar-refractivity contribution in [1.82, 2.24) is 4.90 Å². The van der Waals surface area contributed by atoms with Crippen molar-refractivity contribution in [3.8, 4) is 0 Å². The molecule has 0 fully saturated rings. The Balaban J connectivity index is 1.65. The number of nitrogens with zero attached hydrogens (tertiary/aromatic N) is 1. The van der Waals surface area contributed by atoms with Gasteiger partial charge in [-0.25, -0.2) is 4.79 Å². The highest BCUT2D eigenvalue weighted by atomic mass is 16.3. The number of para-hydroxylation sites is 1. The molecule has 0 saturated heterocycles. The molecule has 1 aliphatic rings. The third kappa shape index (κ3) is 3.75. The Bertz CT molecular complexity index is 918. The Kier molecular flexibility index (Phi) is 4.97. The van der Waals surface area contributed by atoms with Crippen LogP contribution in [0.3, 0.4) is 0 Å². The van der Waals surface area contributed by atoms with Gasteiger partial charge < -0.3 is 14.6 Å². The second-order valence-corrected chi connectivity index (χ2v) is 7.06. The van der Waals surface area contributed by atoms with E-state index in [1.165, 1.54) is 11.1 Å². The zero-order valence-corrected chi connectivity index (χ0v) is 15.5. The van der Waals surface area contributed by atoms with Crippen molar-refractivity contribution < 1.29 is 9.21 Å². The fourth-order valence-electron chi connectivity index (χ4n) is 3.85. The maximum Gasteiger partial charge on any atom is 0.322 e. The number of rotatable bonds is 4. The molecule has 4 nitrogen and oxygen atoms in total. The first-order chi connectivity index (χ1) is 13.2. The third-order valence-electron chi connectivity index (χ3n) is 5.27. The first-order valence-corrected chi connectivity index (χ1v) is 9.46. The Morgan fingerprint density at radius 3 is 2.74 bits per heavy atom. The molecule has 2 aromatic carbocycles. The van der Waals surface area contributed by atoms with Crippen LogP contribution in [-0.4, -0.2) is 10.9 Å². The van der Waals surface area contributed by atoms with Crippen molar-refractivity contribution in [2.24, 2.45) is 0 Å². The highest BCUT2D eigenvalue weighted by molar-refractivity contribution is 5.90. The smallest absolute Gasteiger partial charge is 0.322 e. The molecule has 1 unspecified atom stereocenters. The second kappa shape index (κ2) is 7.70. The molecule has 4 heteroatoms. The first kappa shape index (κ1) is 17.4. The average Bonchev–Trinajstić information content (AvgIpc) is 3.21. The summed E-state index contributed by atoms with van der Waals surface area (Å²) in [6, 6.07) is 20.0. The van der Waals surface area contributed by atoms with Gasteiger partial charge in [-0.15, -0.1) is 0 Å². The number of carbonyl (C=O) groups excluding carboxylic acids is 1. The van der Waals surface area contributed by atoms with E-state index >= 15 is 0 Å². The zero-order valence-electron chi connectivity index (χ0n) is 15.5. The van der Waals surface area contributed by atoms with Crippen LogP contribution < -0.4 is 5.32 Å². The summed E-state index contributed by atoms with van der Waals surface area (Å²) in [4.78, 5) is 15.2. The van der Waals surface area contributed by atoms with E-state index in [0.717, 1.165) is 36.3 Å². The van der Waals surface area contributed by atoms with E-state index in [1.807, 2.05) is 48.2 Å². The van der Waals surface area contributed by atoms with Crippen LogP contribution in [0.1, 0.15) is 41.3 Å². The summed E-state index contributed by atoms with van der Waals surface area (Å²) < 4.78 is 5.55. The van der Waals surface area contributed by atoms with Crippen molar-refractivity contribution in [3.05, 3.63) is 89.4 Å². The number of amides is 2. The summed E-state index contributed by atoms with van der Waals surface area (Å²) in [5, 5.41) is 3.10. The minimum absolute atomic E-state index is 0.0454. The molecule has 0 saturated carbocycles. The highest BCUT2D eigenvalue weighted by Gasteiger charge is 2.30. The van der Waals surface area contributed by atoms with E-state index in [9.17, 15) is 4.79 Å². The fraction of sp³-hybridized carbons (Fsp3) is 0.261. The SMILES string of the molecule is Cc1ccccc1NC(=O)N(Cc1ccco1)C1CCCc2ccccc21. The second-order valence-electron chi connectivity index (χ2n) is 7.06. The number of furan rings is 1. The maximum absolute atomic E-state index is 13.3. The zero-order chi connectivity index (χ0) is 18.6. The van der Waals surface area contributed by atoms with Gasteiger partial charge in [0.2, 0.25) is 0 Å². The molecule has 1 N–H and O–H groups in total. The summed E-state index contributed by atoms with van der Waals surface area (Å²) >= 11 is 0. The number of urea groups is 1. The van der Waals surface area contributed by atoms with Gasteiger partial charge in [0, 0.05) is 5.69 Å². The molecule has 0 bridgehead atoms. The van der Waals surface area contributed by atoms with Crippen LogP contribution >= 0.6 is 0 Å². The van der Waals surface area contributed by atoms with Gasteiger partial charge in [-0.05, 0) is 61.1 Å². The van der Waals surface area contributed by atoms with Gasteiger partial charge in [-0.2, -0.15) is 0 Å². The summed E-state index contributed by atoms with van der Waals surface area (Å²) in [5.74, 6) is 0.790. The van der Waals surface area contributed by atoms with Gasteiger partial charge in [0.1, 0.15) is 5.76 Å². The quantitative estimate of drug-likeness (QED) is 0.649. The van der Waals surface area contributed by atoms with E-state index in [2.05, 4.69) is 29.6 Å². The van der Waals surface area contributed by atoms with Crippen LogP contribution in [0.4, 0.5) is 10.5 Å². The minimum Gasteiger partial charge on any atom is -0.467 e. The lowest BCUT2D eigenvalue weighted by Gasteiger charge is -2.35. The van der Waals surface area contributed by atoms with Crippen LogP contribution in [-0.2, 0) is 13.0 Å². The first-order valence-electron chi connectivity index (χ1n) is 9.46. The number of aryl methyl sites for hydroxylation is 2. The molecule has 0 radical (unpaired) electrons. The lowest BCUT2D eigenvalue weighted by molar-refractivity contribution is 0.168. The Morgan fingerprint density at radius 2 is 1.93 bits per heavy atom.